The normalized spacial score (nSPS) is 12.0. The molecule has 21 heavy (non-hydrogen) atoms. The highest BCUT2D eigenvalue weighted by molar-refractivity contribution is 6.08. The smallest absolute Gasteiger partial charge is 0.328 e. The summed E-state index contributed by atoms with van der Waals surface area (Å²) < 4.78 is 18.5. The van der Waals surface area contributed by atoms with Crippen molar-refractivity contribution in [3.05, 3.63) is 47.8 Å². The highest BCUT2D eigenvalue weighted by Crippen LogP contribution is 2.21. The van der Waals surface area contributed by atoms with Gasteiger partial charge in [0.05, 0.1) is 6.61 Å². The van der Waals surface area contributed by atoms with Gasteiger partial charge >= 0.3 is 5.97 Å². The van der Waals surface area contributed by atoms with Crippen LogP contribution in [0.25, 0.3) is 10.8 Å². The number of carbonyl (C=O) groups is 2. The number of fused-ring (bicyclic) bond motifs is 1. The van der Waals surface area contributed by atoms with Crippen molar-refractivity contribution in [2.75, 3.05) is 6.61 Å². The Bertz CT molecular complexity index is 684. The van der Waals surface area contributed by atoms with Crippen molar-refractivity contribution in [2.24, 2.45) is 0 Å². The van der Waals surface area contributed by atoms with Crippen LogP contribution in [0.5, 0.6) is 0 Å². The maximum Gasteiger partial charge on any atom is 0.328 e. The molecule has 0 heterocycles. The maximum atomic E-state index is 13.7. The van der Waals surface area contributed by atoms with E-state index in [-0.39, 0.29) is 12.4 Å². The SMILES string of the molecule is CCOC(=O)C(C)NC(=O)c1ccc(F)c2ccccc12. The number of carbonyl (C=O) groups excluding carboxylic acids is 2. The number of benzene rings is 2. The van der Waals surface area contributed by atoms with Crippen molar-refractivity contribution < 1.29 is 18.7 Å². The molecule has 2 aromatic rings. The van der Waals surface area contributed by atoms with Crippen LogP contribution in [0.3, 0.4) is 0 Å². The summed E-state index contributed by atoms with van der Waals surface area (Å²) in [4.78, 5) is 23.8. The molecule has 4 nitrogen and oxygen atoms in total. The average molecular weight is 289 g/mol. The first-order valence-electron chi connectivity index (χ1n) is 6.69. The molecule has 0 fully saturated rings. The van der Waals surface area contributed by atoms with Gasteiger partial charge in [-0.2, -0.15) is 0 Å². The van der Waals surface area contributed by atoms with E-state index >= 15 is 0 Å². The molecule has 2 aromatic carbocycles. The van der Waals surface area contributed by atoms with Crippen LogP contribution in [0, 0.1) is 5.82 Å². The number of hydrogen-bond donors (Lipinski definition) is 1. The zero-order valence-electron chi connectivity index (χ0n) is 11.9. The van der Waals surface area contributed by atoms with E-state index < -0.39 is 17.9 Å². The summed E-state index contributed by atoms with van der Waals surface area (Å²) in [5, 5.41) is 3.43. The Morgan fingerprint density at radius 2 is 1.86 bits per heavy atom. The Hall–Kier alpha value is -2.43. The number of nitrogens with one attached hydrogen (secondary N) is 1. The third-order valence-electron chi connectivity index (χ3n) is 3.10. The second-order valence-electron chi connectivity index (χ2n) is 4.59. The van der Waals surface area contributed by atoms with Gasteiger partial charge in [-0.25, -0.2) is 9.18 Å². The zero-order chi connectivity index (χ0) is 15.4. The summed E-state index contributed by atoms with van der Waals surface area (Å²) in [6, 6.07) is 8.60. The molecule has 0 aliphatic heterocycles. The minimum atomic E-state index is -0.763. The van der Waals surface area contributed by atoms with E-state index in [1.807, 2.05) is 0 Å². The Morgan fingerprint density at radius 1 is 1.19 bits per heavy atom. The molecule has 0 aliphatic rings. The van der Waals surface area contributed by atoms with E-state index in [0.717, 1.165) is 0 Å². The Kier molecular flexibility index (Phi) is 4.52. The van der Waals surface area contributed by atoms with Gasteiger partial charge in [0.15, 0.2) is 0 Å². The topological polar surface area (TPSA) is 55.4 Å². The molecule has 0 saturated carbocycles. The lowest BCUT2D eigenvalue weighted by Crippen LogP contribution is -2.39. The van der Waals surface area contributed by atoms with Crippen LogP contribution in [0.2, 0.25) is 0 Å². The predicted molar refractivity (Wildman–Crippen MR) is 77.5 cm³/mol. The van der Waals surface area contributed by atoms with Gasteiger partial charge in [-0.05, 0) is 31.4 Å². The highest BCUT2D eigenvalue weighted by Gasteiger charge is 2.19. The van der Waals surface area contributed by atoms with E-state index in [1.54, 1.807) is 38.1 Å². The van der Waals surface area contributed by atoms with E-state index in [0.29, 0.717) is 16.3 Å². The lowest BCUT2D eigenvalue weighted by atomic mass is 10.0. The van der Waals surface area contributed by atoms with Gasteiger partial charge in [0.25, 0.3) is 5.91 Å². The fraction of sp³-hybridized carbons (Fsp3) is 0.250. The van der Waals surface area contributed by atoms with E-state index in [4.69, 9.17) is 4.74 Å². The molecule has 5 heteroatoms. The number of hydrogen-bond acceptors (Lipinski definition) is 3. The van der Waals surface area contributed by atoms with Gasteiger partial charge in [-0.1, -0.05) is 24.3 Å². The molecule has 1 N–H and O–H groups in total. The molecule has 1 unspecified atom stereocenters. The number of halogens is 1. The van der Waals surface area contributed by atoms with E-state index in [9.17, 15) is 14.0 Å². The molecule has 2 rings (SSSR count). The molecule has 0 aliphatic carbocycles. The molecule has 0 spiro atoms. The van der Waals surface area contributed by atoms with Crippen LogP contribution in [0.1, 0.15) is 24.2 Å². The van der Waals surface area contributed by atoms with Gasteiger partial charge in [0.1, 0.15) is 11.9 Å². The van der Waals surface area contributed by atoms with Gasteiger partial charge < -0.3 is 10.1 Å². The van der Waals surface area contributed by atoms with Crippen LogP contribution >= 0.6 is 0 Å². The molecular weight excluding hydrogens is 273 g/mol. The Labute approximate surface area is 121 Å². The molecule has 0 saturated heterocycles. The fourth-order valence-electron chi connectivity index (χ4n) is 2.06. The third kappa shape index (κ3) is 3.18. The van der Waals surface area contributed by atoms with Gasteiger partial charge in [-0.15, -0.1) is 0 Å². The Balaban J connectivity index is 2.28. The summed E-state index contributed by atoms with van der Waals surface area (Å²) in [6.45, 7) is 3.49. The first-order valence-corrected chi connectivity index (χ1v) is 6.69. The monoisotopic (exact) mass is 289 g/mol. The van der Waals surface area contributed by atoms with Gasteiger partial charge in [0, 0.05) is 10.9 Å². The minimum Gasteiger partial charge on any atom is -0.464 e. The second-order valence-corrected chi connectivity index (χ2v) is 4.59. The molecule has 0 aromatic heterocycles. The van der Waals surface area contributed by atoms with Crippen molar-refractivity contribution >= 4 is 22.6 Å². The predicted octanol–water partition coefficient (Wildman–Crippen LogP) is 2.66. The van der Waals surface area contributed by atoms with Crippen molar-refractivity contribution in [2.45, 2.75) is 19.9 Å². The molecule has 0 radical (unpaired) electrons. The largest absolute Gasteiger partial charge is 0.464 e. The van der Waals surface area contributed by atoms with Crippen LogP contribution in [-0.2, 0) is 9.53 Å². The van der Waals surface area contributed by atoms with E-state index in [2.05, 4.69) is 5.32 Å². The third-order valence-corrected chi connectivity index (χ3v) is 3.10. The standard InChI is InChI=1S/C16H16FNO3/c1-3-21-16(20)10(2)18-15(19)13-8-9-14(17)12-7-5-4-6-11(12)13/h4-10H,3H2,1-2H3,(H,18,19). The first-order chi connectivity index (χ1) is 10.0. The lowest BCUT2D eigenvalue weighted by Gasteiger charge is -2.13. The van der Waals surface area contributed by atoms with Crippen molar-refractivity contribution in [3.63, 3.8) is 0 Å². The fourth-order valence-corrected chi connectivity index (χ4v) is 2.06. The highest BCUT2D eigenvalue weighted by atomic mass is 19.1. The molecule has 110 valence electrons. The number of esters is 1. The van der Waals surface area contributed by atoms with Crippen molar-refractivity contribution in [1.82, 2.24) is 5.32 Å². The Morgan fingerprint density at radius 3 is 2.52 bits per heavy atom. The van der Waals surface area contributed by atoms with Crippen molar-refractivity contribution in [1.29, 1.82) is 0 Å². The van der Waals surface area contributed by atoms with Crippen molar-refractivity contribution in [3.8, 4) is 0 Å². The van der Waals surface area contributed by atoms with Crippen LogP contribution in [0.4, 0.5) is 4.39 Å². The number of rotatable bonds is 4. The number of ether oxygens (including phenoxy) is 1. The number of amides is 1. The first kappa shape index (κ1) is 15.0. The average Bonchev–Trinajstić information content (AvgIpc) is 2.48. The van der Waals surface area contributed by atoms with Crippen LogP contribution in [0.15, 0.2) is 36.4 Å². The summed E-state index contributed by atoms with van der Waals surface area (Å²) in [6.07, 6.45) is 0. The molecule has 1 amide bonds. The quantitative estimate of drug-likeness (QED) is 0.880. The summed E-state index contributed by atoms with van der Waals surface area (Å²) in [5.74, 6) is -1.33. The lowest BCUT2D eigenvalue weighted by molar-refractivity contribution is -0.144. The minimum absolute atomic E-state index is 0.249. The summed E-state index contributed by atoms with van der Waals surface area (Å²) in [7, 11) is 0. The van der Waals surface area contributed by atoms with Crippen LogP contribution in [-0.4, -0.2) is 24.5 Å². The van der Waals surface area contributed by atoms with Crippen LogP contribution < -0.4 is 5.32 Å². The summed E-state index contributed by atoms with van der Waals surface area (Å²) >= 11 is 0. The maximum absolute atomic E-state index is 13.7. The zero-order valence-corrected chi connectivity index (χ0v) is 11.9. The van der Waals surface area contributed by atoms with Gasteiger partial charge in [0.2, 0.25) is 0 Å². The molecule has 1 atom stereocenters. The molecular formula is C16H16FNO3. The molecule has 0 bridgehead atoms. The second kappa shape index (κ2) is 6.35. The van der Waals surface area contributed by atoms with E-state index in [1.165, 1.54) is 12.1 Å². The van der Waals surface area contributed by atoms with Gasteiger partial charge in [-0.3, -0.25) is 4.79 Å². The summed E-state index contributed by atoms with van der Waals surface area (Å²) in [5.41, 5.74) is 0.322.